The maximum atomic E-state index is 11.4. The second-order valence-corrected chi connectivity index (χ2v) is 5.37. The third-order valence-corrected chi connectivity index (χ3v) is 3.46. The smallest absolute Gasteiger partial charge is 0.253 e. The Balaban J connectivity index is 2.49. The summed E-state index contributed by atoms with van der Waals surface area (Å²) < 4.78 is 1.57. The highest BCUT2D eigenvalue weighted by Crippen LogP contribution is 2.10. The molecule has 1 aromatic rings. The number of amides is 1. The first kappa shape index (κ1) is 17.9. The number of primary amides is 1. The summed E-state index contributed by atoms with van der Waals surface area (Å²) in [4.78, 5) is 11.4. The molecule has 0 radical (unpaired) electrons. The van der Waals surface area contributed by atoms with Crippen LogP contribution in [0.4, 0.5) is 0 Å². The Morgan fingerprint density at radius 1 is 1.18 bits per heavy atom. The Morgan fingerprint density at radius 2 is 1.86 bits per heavy atom. The van der Waals surface area contributed by atoms with Gasteiger partial charge in [-0.3, -0.25) is 9.48 Å². The van der Waals surface area contributed by atoms with Gasteiger partial charge in [0.05, 0.1) is 11.3 Å². The van der Waals surface area contributed by atoms with Gasteiger partial charge in [0.1, 0.15) is 5.69 Å². The number of rotatable bonds is 7. The molecule has 4 heteroatoms. The normalized spacial score (nSPS) is 9.59. The van der Waals surface area contributed by atoms with Crippen molar-refractivity contribution in [3.05, 3.63) is 17.0 Å². The molecule has 1 rings (SSSR count). The number of nitrogens with two attached hydrogens (primary N) is 1. The standard InChI is InChI=1S/C18H25N3O/c1-4-5-6-7-8-9-10-11-12-13-14-16-17(18(19)22)15(2)20-21(16)3/h4-10H2,1-3H3,(H2,19,22). The third kappa shape index (κ3) is 5.66. The van der Waals surface area contributed by atoms with Crippen molar-refractivity contribution in [2.75, 3.05) is 0 Å². The van der Waals surface area contributed by atoms with Crippen LogP contribution in [0.5, 0.6) is 0 Å². The molecule has 0 atom stereocenters. The van der Waals surface area contributed by atoms with Gasteiger partial charge in [0.15, 0.2) is 0 Å². The summed E-state index contributed by atoms with van der Waals surface area (Å²) in [5, 5.41) is 4.16. The number of carbonyl (C=O) groups is 1. The second-order valence-electron chi connectivity index (χ2n) is 5.37. The summed E-state index contributed by atoms with van der Waals surface area (Å²) in [7, 11) is 1.74. The predicted octanol–water partition coefficient (Wildman–Crippen LogP) is 2.93. The van der Waals surface area contributed by atoms with Crippen molar-refractivity contribution in [3.63, 3.8) is 0 Å². The van der Waals surface area contributed by atoms with E-state index in [0.717, 1.165) is 12.8 Å². The molecule has 1 heterocycles. The molecule has 0 saturated carbocycles. The summed E-state index contributed by atoms with van der Waals surface area (Å²) in [6, 6.07) is 0. The minimum absolute atomic E-state index is 0.382. The van der Waals surface area contributed by atoms with Crippen LogP contribution in [0, 0.1) is 30.6 Å². The fraction of sp³-hybridized carbons (Fsp3) is 0.556. The maximum Gasteiger partial charge on any atom is 0.253 e. The van der Waals surface area contributed by atoms with Crippen LogP contribution in [-0.4, -0.2) is 15.7 Å². The number of hydrogen-bond donors (Lipinski definition) is 1. The number of hydrogen-bond acceptors (Lipinski definition) is 2. The zero-order chi connectivity index (χ0) is 16.4. The molecule has 0 spiro atoms. The monoisotopic (exact) mass is 299 g/mol. The van der Waals surface area contributed by atoms with E-state index >= 15 is 0 Å². The third-order valence-electron chi connectivity index (χ3n) is 3.46. The minimum atomic E-state index is -0.505. The van der Waals surface area contributed by atoms with Crippen LogP contribution in [0.2, 0.25) is 0 Å². The van der Waals surface area contributed by atoms with E-state index in [4.69, 9.17) is 5.73 Å². The maximum absolute atomic E-state index is 11.4. The first-order valence-electron chi connectivity index (χ1n) is 7.90. The molecule has 22 heavy (non-hydrogen) atoms. The Kier molecular flexibility index (Phi) is 7.86. The van der Waals surface area contributed by atoms with E-state index in [-0.39, 0.29) is 0 Å². The van der Waals surface area contributed by atoms with Gasteiger partial charge < -0.3 is 5.73 Å². The quantitative estimate of drug-likeness (QED) is 0.621. The Hall–Kier alpha value is -2.20. The lowest BCUT2D eigenvalue weighted by atomic mass is 10.1. The summed E-state index contributed by atoms with van der Waals surface area (Å²) in [5.74, 6) is 11.0. The molecule has 1 aromatic heterocycles. The lowest BCUT2D eigenvalue weighted by Crippen LogP contribution is -2.13. The molecule has 118 valence electrons. The highest BCUT2D eigenvalue weighted by Gasteiger charge is 2.15. The summed E-state index contributed by atoms with van der Waals surface area (Å²) >= 11 is 0. The molecule has 0 aliphatic heterocycles. The van der Waals surface area contributed by atoms with Gasteiger partial charge in [-0.15, -0.1) is 0 Å². The van der Waals surface area contributed by atoms with Crippen molar-refractivity contribution in [1.82, 2.24) is 9.78 Å². The number of carbonyl (C=O) groups excluding carboxylic acids is 1. The average molecular weight is 299 g/mol. The van der Waals surface area contributed by atoms with Crippen molar-refractivity contribution in [2.45, 2.75) is 58.8 Å². The highest BCUT2D eigenvalue weighted by atomic mass is 16.1. The van der Waals surface area contributed by atoms with E-state index in [2.05, 4.69) is 35.7 Å². The fourth-order valence-electron chi connectivity index (χ4n) is 2.29. The van der Waals surface area contributed by atoms with Gasteiger partial charge in [-0.2, -0.15) is 5.10 Å². The molecule has 1 amide bonds. The van der Waals surface area contributed by atoms with Crippen molar-refractivity contribution < 1.29 is 4.79 Å². The van der Waals surface area contributed by atoms with E-state index < -0.39 is 5.91 Å². The van der Waals surface area contributed by atoms with Crippen LogP contribution in [0.1, 0.15) is 73.6 Å². The minimum Gasteiger partial charge on any atom is -0.365 e. The first-order valence-corrected chi connectivity index (χ1v) is 7.90. The fourth-order valence-corrected chi connectivity index (χ4v) is 2.29. The Labute approximate surface area is 133 Å². The van der Waals surface area contributed by atoms with Gasteiger partial charge in [0.2, 0.25) is 0 Å². The van der Waals surface area contributed by atoms with E-state index in [1.165, 1.54) is 32.1 Å². The summed E-state index contributed by atoms with van der Waals surface area (Å²) in [5.41, 5.74) is 6.86. The molecule has 2 N–H and O–H groups in total. The van der Waals surface area contributed by atoms with Crippen molar-refractivity contribution in [2.24, 2.45) is 12.8 Å². The van der Waals surface area contributed by atoms with Crippen LogP contribution < -0.4 is 5.73 Å². The van der Waals surface area contributed by atoms with Gasteiger partial charge in [0.25, 0.3) is 5.91 Å². The molecule has 0 fully saturated rings. The lowest BCUT2D eigenvalue weighted by molar-refractivity contribution is 0.0999. The number of unbranched alkanes of at least 4 members (excludes halogenated alkanes) is 6. The lowest BCUT2D eigenvalue weighted by Gasteiger charge is -1.96. The first-order chi connectivity index (χ1) is 10.6. The molecule has 0 bridgehead atoms. The molecular weight excluding hydrogens is 274 g/mol. The number of aryl methyl sites for hydroxylation is 2. The molecular formula is C18H25N3O. The summed E-state index contributed by atoms with van der Waals surface area (Å²) in [6.45, 7) is 3.97. The molecule has 0 unspecified atom stereocenters. The van der Waals surface area contributed by atoms with Gasteiger partial charge in [-0.1, -0.05) is 44.9 Å². The Morgan fingerprint density at radius 3 is 2.55 bits per heavy atom. The number of aromatic nitrogens is 2. The van der Waals surface area contributed by atoms with Crippen LogP contribution in [0.3, 0.4) is 0 Å². The van der Waals surface area contributed by atoms with Gasteiger partial charge >= 0.3 is 0 Å². The second kappa shape index (κ2) is 9.68. The topological polar surface area (TPSA) is 60.9 Å². The molecule has 0 aromatic carbocycles. The van der Waals surface area contributed by atoms with E-state index in [1.807, 2.05) is 0 Å². The van der Waals surface area contributed by atoms with Crippen LogP contribution in [0.15, 0.2) is 0 Å². The van der Waals surface area contributed by atoms with Crippen LogP contribution >= 0.6 is 0 Å². The van der Waals surface area contributed by atoms with E-state index in [0.29, 0.717) is 17.0 Å². The zero-order valence-corrected chi connectivity index (χ0v) is 13.8. The van der Waals surface area contributed by atoms with Crippen LogP contribution in [0.25, 0.3) is 0 Å². The SMILES string of the molecule is CCCCCCCCC#CC#Cc1c(C(N)=O)c(C)nn1C. The van der Waals surface area contributed by atoms with E-state index in [1.54, 1.807) is 18.7 Å². The van der Waals surface area contributed by atoms with Crippen molar-refractivity contribution >= 4 is 5.91 Å². The van der Waals surface area contributed by atoms with Crippen molar-refractivity contribution in [1.29, 1.82) is 0 Å². The molecule has 0 saturated heterocycles. The zero-order valence-electron chi connectivity index (χ0n) is 13.8. The average Bonchev–Trinajstić information content (AvgIpc) is 2.75. The van der Waals surface area contributed by atoms with Gasteiger partial charge in [-0.05, 0) is 31.1 Å². The van der Waals surface area contributed by atoms with Gasteiger partial charge in [0, 0.05) is 13.5 Å². The summed E-state index contributed by atoms with van der Waals surface area (Å²) in [6.07, 6.45) is 8.43. The number of nitrogens with zero attached hydrogens (tertiary/aromatic N) is 2. The highest BCUT2D eigenvalue weighted by molar-refractivity contribution is 5.96. The van der Waals surface area contributed by atoms with E-state index in [9.17, 15) is 4.79 Å². The predicted molar refractivity (Wildman–Crippen MR) is 89.1 cm³/mol. The molecule has 4 nitrogen and oxygen atoms in total. The largest absolute Gasteiger partial charge is 0.365 e. The molecule has 0 aliphatic rings. The van der Waals surface area contributed by atoms with Crippen molar-refractivity contribution in [3.8, 4) is 23.7 Å². The molecule has 0 aliphatic carbocycles. The Bertz CT molecular complexity index is 620. The van der Waals surface area contributed by atoms with Gasteiger partial charge in [-0.25, -0.2) is 0 Å². The van der Waals surface area contributed by atoms with Crippen LogP contribution in [-0.2, 0) is 7.05 Å².